The number of fused-ring (bicyclic) bond motifs is 1. The Balaban J connectivity index is 1.82. The molecule has 0 unspecified atom stereocenters. The Kier molecular flexibility index (Phi) is 4.08. The van der Waals surface area contributed by atoms with Crippen LogP contribution in [0.3, 0.4) is 0 Å². The van der Waals surface area contributed by atoms with E-state index in [2.05, 4.69) is 20.5 Å². The summed E-state index contributed by atoms with van der Waals surface area (Å²) in [5, 5.41) is 22.1. The molecule has 0 bridgehead atoms. The van der Waals surface area contributed by atoms with Crippen molar-refractivity contribution >= 4 is 39.6 Å². The molecule has 5 nitrogen and oxygen atoms in total. The summed E-state index contributed by atoms with van der Waals surface area (Å²) in [4.78, 5) is 2.91. The summed E-state index contributed by atoms with van der Waals surface area (Å²) in [6.07, 6.45) is 0. The van der Waals surface area contributed by atoms with Crippen LogP contribution in [-0.2, 0) is 0 Å². The number of hydrogen-bond donors (Lipinski definition) is 3. The number of para-hydroxylation sites is 1. The predicted octanol–water partition coefficient (Wildman–Crippen LogP) is 4.97. The molecule has 6 heteroatoms. The third-order valence-corrected chi connectivity index (χ3v) is 3.72. The summed E-state index contributed by atoms with van der Waals surface area (Å²) < 4.78 is 0. The van der Waals surface area contributed by atoms with Crippen molar-refractivity contribution in [2.45, 2.75) is 13.8 Å². The van der Waals surface area contributed by atoms with Crippen molar-refractivity contribution in [2.75, 3.05) is 5.32 Å². The topological polar surface area (TPSA) is 72.8 Å². The van der Waals surface area contributed by atoms with Crippen LogP contribution in [0.2, 0.25) is 0 Å². The standard InChI is InChI=1S/C17H16N4OS/c1-10-6-8-12(9-7-10)18-17(23)21-20-15-13-5-3-4-11(2)14(13)19-16(15)22/h3-9,19,22H,1-2H3,(H,18,23). The van der Waals surface area contributed by atoms with E-state index in [0.717, 1.165) is 22.2 Å². The highest BCUT2D eigenvalue weighted by Gasteiger charge is 2.11. The van der Waals surface area contributed by atoms with Gasteiger partial charge in [0.05, 0.1) is 5.52 Å². The van der Waals surface area contributed by atoms with E-state index in [1.807, 2.05) is 56.3 Å². The van der Waals surface area contributed by atoms with Gasteiger partial charge in [-0.3, -0.25) is 0 Å². The fourth-order valence-electron chi connectivity index (χ4n) is 2.32. The number of aromatic hydroxyl groups is 1. The quantitative estimate of drug-likeness (QED) is 0.460. The highest BCUT2D eigenvalue weighted by atomic mass is 32.1. The van der Waals surface area contributed by atoms with Crippen molar-refractivity contribution in [3.05, 3.63) is 53.6 Å². The molecule has 0 aliphatic rings. The van der Waals surface area contributed by atoms with E-state index in [4.69, 9.17) is 12.2 Å². The number of H-pyrrole nitrogens is 1. The molecule has 0 amide bonds. The molecule has 3 aromatic rings. The zero-order valence-electron chi connectivity index (χ0n) is 12.8. The number of benzene rings is 2. The number of aromatic nitrogens is 1. The molecule has 0 atom stereocenters. The van der Waals surface area contributed by atoms with E-state index in [1.54, 1.807) is 0 Å². The zero-order chi connectivity index (χ0) is 16.4. The van der Waals surface area contributed by atoms with E-state index in [0.29, 0.717) is 5.69 Å². The van der Waals surface area contributed by atoms with Gasteiger partial charge in [0.25, 0.3) is 0 Å². The zero-order valence-corrected chi connectivity index (χ0v) is 13.6. The Bertz CT molecular complexity index is 897. The van der Waals surface area contributed by atoms with Gasteiger partial charge in [-0.1, -0.05) is 35.9 Å². The molecule has 1 heterocycles. The molecule has 0 aliphatic heterocycles. The van der Waals surface area contributed by atoms with Crippen LogP contribution in [0.4, 0.5) is 11.4 Å². The second-order valence-corrected chi connectivity index (χ2v) is 5.70. The van der Waals surface area contributed by atoms with Crippen LogP contribution in [0.1, 0.15) is 11.1 Å². The average Bonchev–Trinajstić information content (AvgIpc) is 2.85. The van der Waals surface area contributed by atoms with Gasteiger partial charge in [0.2, 0.25) is 11.0 Å². The fraction of sp³-hybridized carbons (Fsp3) is 0.118. The molecule has 2 aromatic carbocycles. The second kappa shape index (κ2) is 6.18. The normalized spacial score (nSPS) is 11.2. The molecule has 23 heavy (non-hydrogen) atoms. The molecule has 3 rings (SSSR count). The van der Waals surface area contributed by atoms with Gasteiger partial charge in [-0.25, -0.2) is 0 Å². The molecule has 0 saturated heterocycles. The number of nitrogens with zero attached hydrogens (tertiary/aromatic N) is 2. The Morgan fingerprint density at radius 1 is 1.13 bits per heavy atom. The van der Waals surface area contributed by atoms with E-state index >= 15 is 0 Å². The highest BCUT2D eigenvalue weighted by molar-refractivity contribution is 7.80. The second-order valence-electron chi connectivity index (χ2n) is 5.32. The minimum absolute atomic E-state index is 0.0174. The maximum atomic E-state index is 10.0. The summed E-state index contributed by atoms with van der Waals surface area (Å²) in [5.41, 5.74) is 4.27. The monoisotopic (exact) mass is 324 g/mol. The van der Waals surface area contributed by atoms with Crippen LogP contribution in [0, 0.1) is 13.8 Å². The Labute approximate surface area is 139 Å². The molecular weight excluding hydrogens is 308 g/mol. The third-order valence-electron chi connectivity index (χ3n) is 3.54. The molecule has 116 valence electrons. The smallest absolute Gasteiger partial charge is 0.218 e. The van der Waals surface area contributed by atoms with Crippen molar-refractivity contribution in [1.82, 2.24) is 4.98 Å². The first-order valence-corrected chi connectivity index (χ1v) is 7.55. The van der Waals surface area contributed by atoms with Crippen molar-refractivity contribution in [3.8, 4) is 5.88 Å². The number of aromatic amines is 1. The molecule has 3 N–H and O–H groups in total. The molecule has 0 radical (unpaired) electrons. The molecule has 0 saturated carbocycles. The summed E-state index contributed by atoms with van der Waals surface area (Å²) >= 11 is 5.17. The molecule has 0 fully saturated rings. The van der Waals surface area contributed by atoms with Crippen molar-refractivity contribution in [2.24, 2.45) is 10.2 Å². The van der Waals surface area contributed by atoms with Gasteiger partial charge in [0.1, 0.15) is 0 Å². The summed E-state index contributed by atoms with van der Waals surface area (Å²) in [7, 11) is 0. The number of rotatable bonds is 2. The van der Waals surface area contributed by atoms with Crippen LogP contribution in [0.15, 0.2) is 52.7 Å². The number of aryl methyl sites for hydroxylation is 2. The fourth-order valence-corrected chi connectivity index (χ4v) is 2.48. The van der Waals surface area contributed by atoms with Gasteiger partial charge < -0.3 is 15.4 Å². The Hall–Kier alpha value is -2.73. The van der Waals surface area contributed by atoms with Gasteiger partial charge in [0.15, 0.2) is 5.69 Å². The Morgan fingerprint density at radius 3 is 2.61 bits per heavy atom. The van der Waals surface area contributed by atoms with E-state index in [1.165, 1.54) is 5.56 Å². The number of azo groups is 1. The lowest BCUT2D eigenvalue weighted by Gasteiger charge is -2.03. The lowest BCUT2D eigenvalue weighted by Crippen LogP contribution is -2.04. The van der Waals surface area contributed by atoms with Crippen molar-refractivity contribution in [3.63, 3.8) is 0 Å². The first-order chi connectivity index (χ1) is 11.0. The molecule has 0 spiro atoms. The summed E-state index contributed by atoms with van der Waals surface area (Å²) in [6, 6.07) is 13.6. The lowest BCUT2D eigenvalue weighted by molar-refractivity contribution is 0.459. The largest absolute Gasteiger partial charge is 0.493 e. The molecular formula is C17H16N4OS. The van der Waals surface area contributed by atoms with Crippen LogP contribution >= 0.6 is 12.2 Å². The third kappa shape index (κ3) is 3.22. The van der Waals surface area contributed by atoms with Crippen LogP contribution < -0.4 is 5.32 Å². The van der Waals surface area contributed by atoms with Crippen molar-refractivity contribution in [1.29, 1.82) is 0 Å². The van der Waals surface area contributed by atoms with Gasteiger partial charge in [0, 0.05) is 11.1 Å². The van der Waals surface area contributed by atoms with Crippen LogP contribution in [0.5, 0.6) is 5.88 Å². The van der Waals surface area contributed by atoms with E-state index in [-0.39, 0.29) is 11.0 Å². The van der Waals surface area contributed by atoms with Crippen LogP contribution in [-0.4, -0.2) is 15.2 Å². The SMILES string of the molecule is Cc1ccc(NC(=S)N=Nc2c(O)[nH]c3c(C)cccc23)cc1. The van der Waals surface area contributed by atoms with Crippen LogP contribution in [0.25, 0.3) is 10.9 Å². The van der Waals surface area contributed by atoms with Gasteiger partial charge >= 0.3 is 0 Å². The number of thiocarbonyl (C=S) groups is 1. The minimum atomic E-state index is -0.0174. The average molecular weight is 324 g/mol. The van der Waals surface area contributed by atoms with E-state index < -0.39 is 0 Å². The first-order valence-electron chi connectivity index (χ1n) is 7.14. The van der Waals surface area contributed by atoms with Gasteiger partial charge in [-0.05, 0) is 43.8 Å². The lowest BCUT2D eigenvalue weighted by atomic mass is 10.1. The summed E-state index contributed by atoms with van der Waals surface area (Å²) in [5.74, 6) is -0.0174. The number of hydrogen-bond acceptors (Lipinski definition) is 3. The maximum absolute atomic E-state index is 10.0. The highest BCUT2D eigenvalue weighted by Crippen LogP contribution is 2.36. The molecule has 0 aliphatic carbocycles. The number of nitrogens with one attached hydrogen (secondary N) is 2. The molecule has 1 aromatic heterocycles. The van der Waals surface area contributed by atoms with Gasteiger partial charge in [-0.2, -0.15) is 0 Å². The maximum Gasteiger partial charge on any atom is 0.218 e. The minimum Gasteiger partial charge on any atom is -0.493 e. The Morgan fingerprint density at radius 2 is 1.87 bits per heavy atom. The predicted molar refractivity (Wildman–Crippen MR) is 96.6 cm³/mol. The van der Waals surface area contributed by atoms with Gasteiger partial charge in [-0.15, -0.1) is 10.2 Å². The summed E-state index contributed by atoms with van der Waals surface area (Å²) in [6.45, 7) is 3.98. The first kappa shape index (κ1) is 15.2. The number of anilines is 1. The van der Waals surface area contributed by atoms with Crippen molar-refractivity contribution < 1.29 is 5.11 Å². The van der Waals surface area contributed by atoms with E-state index in [9.17, 15) is 5.11 Å².